The van der Waals surface area contributed by atoms with Crippen LogP contribution in [0.25, 0.3) is 0 Å². The molecule has 6 nitrogen and oxygen atoms in total. The number of amides is 2. The Morgan fingerprint density at radius 2 is 1.92 bits per heavy atom. The summed E-state index contributed by atoms with van der Waals surface area (Å²) in [6.45, 7) is 3.57. The minimum atomic E-state index is -0.330. The fraction of sp³-hybridized carbons (Fsp3) is 0.316. The van der Waals surface area contributed by atoms with E-state index in [0.717, 1.165) is 31.5 Å². The number of benzene rings is 1. The highest BCUT2D eigenvalue weighted by molar-refractivity contribution is 6.30. The molecule has 0 atom stereocenters. The lowest BCUT2D eigenvalue weighted by Crippen LogP contribution is -2.35. The summed E-state index contributed by atoms with van der Waals surface area (Å²) in [4.78, 5) is 29.3. The normalized spacial score (nSPS) is 14.7. The predicted octanol–water partition coefficient (Wildman–Crippen LogP) is 3.23. The second-order valence-electron chi connectivity index (χ2n) is 6.38. The van der Waals surface area contributed by atoms with E-state index in [0.29, 0.717) is 22.1 Å². The van der Waals surface area contributed by atoms with Gasteiger partial charge in [-0.1, -0.05) is 23.2 Å². The van der Waals surface area contributed by atoms with Gasteiger partial charge in [-0.25, -0.2) is 4.98 Å². The summed E-state index contributed by atoms with van der Waals surface area (Å²) >= 11 is 5.82. The molecule has 1 saturated heterocycles. The van der Waals surface area contributed by atoms with Crippen molar-refractivity contribution >= 4 is 34.9 Å². The Labute approximate surface area is 157 Å². The number of anilines is 2. The number of pyridine rings is 1. The van der Waals surface area contributed by atoms with Crippen molar-refractivity contribution in [2.24, 2.45) is 5.92 Å². The number of piperidine rings is 1. The van der Waals surface area contributed by atoms with Crippen molar-refractivity contribution in [3.05, 3.63) is 52.7 Å². The summed E-state index contributed by atoms with van der Waals surface area (Å²) < 4.78 is 0. The second kappa shape index (κ2) is 8.29. The van der Waals surface area contributed by atoms with E-state index in [2.05, 4.69) is 20.9 Å². The summed E-state index contributed by atoms with van der Waals surface area (Å²) in [5.74, 6) is -0.0129. The molecule has 2 amide bonds. The highest BCUT2D eigenvalue weighted by atomic mass is 35.5. The molecule has 0 radical (unpaired) electrons. The minimum Gasteiger partial charge on any atom is -0.325 e. The number of hydrogen-bond acceptors (Lipinski definition) is 4. The first-order valence-corrected chi connectivity index (χ1v) is 8.96. The van der Waals surface area contributed by atoms with Crippen molar-refractivity contribution in [3.63, 3.8) is 0 Å². The largest absolute Gasteiger partial charge is 0.325 e. The standard InChI is InChI=1S/C19H21ClN4O2/c1-12-2-4-16(23-18(25)13-6-8-21-9-7-13)15(10-12)19(26)24-17-5-3-14(20)11-22-17/h2-5,10-11,13,21H,6-9H2,1H3,(H,23,25)(H,22,24,26). The van der Waals surface area contributed by atoms with Gasteiger partial charge in [-0.05, 0) is 57.1 Å². The quantitative estimate of drug-likeness (QED) is 0.769. The third kappa shape index (κ3) is 4.59. The summed E-state index contributed by atoms with van der Waals surface area (Å²) in [7, 11) is 0. The summed E-state index contributed by atoms with van der Waals surface area (Å²) in [5, 5.41) is 9.39. The Kier molecular flexibility index (Phi) is 5.85. The van der Waals surface area contributed by atoms with Crippen molar-refractivity contribution < 1.29 is 9.59 Å². The number of nitrogens with one attached hydrogen (secondary N) is 3. The summed E-state index contributed by atoms with van der Waals surface area (Å²) in [6.07, 6.45) is 3.06. The van der Waals surface area contributed by atoms with E-state index in [1.807, 2.05) is 13.0 Å². The maximum Gasteiger partial charge on any atom is 0.258 e. The Bertz CT molecular complexity index is 802. The average Bonchev–Trinajstić information content (AvgIpc) is 2.65. The molecule has 0 unspecified atom stereocenters. The molecule has 3 N–H and O–H groups in total. The Morgan fingerprint density at radius 3 is 2.62 bits per heavy atom. The first-order chi connectivity index (χ1) is 12.5. The van der Waals surface area contributed by atoms with Gasteiger partial charge in [-0.3, -0.25) is 9.59 Å². The molecule has 1 aromatic heterocycles. The molecule has 0 bridgehead atoms. The third-order valence-electron chi connectivity index (χ3n) is 4.36. The van der Waals surface area contributed by atoms with Crippen LogP contribution in [0.4, 0.5) is 11.5 Å². The van der Waals surface area contributed by atoms with E-state index in [1.54, 1.807) is 24.3 Å². The van der Waals surface area contributed by atoms with Crippen LogP contribution in [0.5, 0.6) is 0 Å². The molecule has 0 aliphatic carbocycles. The molecule has 26 heavy (non-hydrogen) atoms. The molecule has 7 heteroatoms. The fourth-order valence-corrected chi connectivity index (χ4v) is 3.02. The SMILES string of the molecule is Cc1ccc(NC(=O)C2CCNCC2)c(C(=O)Nc2ccc(Cl)cn2)c1. The maximum absolute atomic E-state index is 12.7. The molecular formula is C19H21ClN4O2. The smallest absolute Gasteiger partial charge is 0.258 e. The molecule has 2 aromatic rings. The van der Waals surface area contributed by atoms with Crippen LogP contribution in [0.3, 0.4) is 0 Å². The van der Waals surface area contributed by atoms with Crippen LogP contribution in [0.2, 0.25) is 5.02 Å². The number of hydrogen-bond donors (Lipinski definition) is 3. The van der Waals surface area contributed by atoms with Gasteiger partial charge in [0.05, 0.1) is 16.3 Å². The van der Waals surface area contributed by atoms with Gasteiger partial charge in [0.25, 0.3) is 5.91 Å². The van der Waals surface area contributed by atoms with Gasteiger partial charge in [0, 0.05) is 12.1 Å². The second-order valence-corrected chi connectivity index (χ2v) is 6.81. The van der Waals surface area contributed by atoms with Gasteiger partial charge in [0.1, 0.15) is 5.82 Å². The molecule has 1 aliphatic rings. The highest BCUT2D eigenvalue weighted by Gasteiger charge is 2.22. The number of nitrogens with zero attached hydrogens (tertiary/aromatic N) is 1. The molecule has 1 aromatic carbocycles. The van der Waals surface area contributed by atoms with Crippen molar-refractivity contribution in [2.45, 2.75) is 19.8 Å². The number of carbonyl (C=O) groups is 2. The number of rotatable bonds is 4. The first-order valence-electron chi connectivity index (χ1n) is 8.58. The molecule has 2 heterocycles. The minimum absolute atomic E-state index is 0.0357. The van der Waals surface area contributed by atoms with E-state index >= 15 is 0 Å². The van der Waals surface area contributed by atoms with Crippen molar-refractivity contribution in [3.8, 4) is 0 Å². The van der Waals surface area contributed by atoms with Gasteiger partial charge in [-0.15, -0.1) is 0 Å². The van der Waals surface area contributed by atoms with Gasteiger partial charge in [0.2, 0.25) is 5.91 Å². The highest BCUT2D eigenvalue weighted by Crippen LogP contribution is 2.22. The van der Waals surface area contributed by atoms with Gasteiger partial charge in [0.15, 0.2) is 0 Å². The Balaban J connectivity index is 1.77. The lowest BCUT2D eigenvalue weighted by molar-refractivity contribution is -0.120. The van der Waals surface area contributed by atoms with Crippen LogP contribution in [0.15, 0.2) is 36.5 Å². The van der Waals surface area contributed by atoms with Gasteiger partial charge < -0.3 is 16.0 Å². The zero-order valence-electron chi connectivity index (χ0n) is 14.5. The molecule has 0 spiro atoms. The zero-order chi connectivity index (χ0) is 18.5. The van der Waals surface area contributed by atoms with E-state index in [-0.39, 0.29) is 17.7 Å². The Hall–Kier alpha value is -2.44. The number of halogens is 1. The zero-order valence-corrected chi connectivity index (χ0v) is 15.3. The van der Waals surface area contributed by atoms with Crippen LogP contribution in [-0.4, -0.2) is 29.9 Å². The lowest BCUT2D eigenvalue weighted by atomic mass is 9.97. The van der Waals surface area contributed by atoms with E-state index in [9.17, 15) is 9.59 Å². The molecule has 3 rings (SSSR count). The number of aromatic nitrogens is 1. The van der Waals surface area contributed by atoms with E-state index < -0.39 is 0 Å². The molecule has 1 fully saturated rings. The molecule has 136 valence electrons. The molecule has 0 saturated carbocycles. The van der Waals surface area contributed by atoms with Gasteiger partial charge in [-0.2, -0.15) is 0 Å². The lowest BCUT2D eigenvalue weighted by Gasteiger charge is -2.22. The average molecular weight is 373 g/mol. The van der Waals surface area contributed by atoms with Crippen LogP contribution in [0.1, 0.15) is 28.8 Å². The first kappa shape index (κ1) is 18.4. The predicted molar refractivity (Wildman–Crippen MR) is 103 cm³/mol. The fourth-order valence-electron chi connectivity index (χ4n) is 2.91. The Morgan fingerprint density at radius 1 is 1.15 bits per heavy atom. The maximum atomic E-state index is 12.7. The topological polar surface area (TPSA) is 83.1 Å². The molecular weight excluding hydrogens is 352 g/mol. The molecule has 1 aliphatic heterocycles. The van der Waals surface area contributed by atoms with Crippen molar-refractivity contribution in [1.82, 2.24) is 10.3 Å². The van der Waals surface area contributed by atoms with Crippen LogP contribution in [0, 0.1) is 12.8 Å². The van der Waals surface area contributed by atoms with Crippen LogP contribution < -0.4 is 16.0 Å². The number of carbonyl (C=O) groups excluding carboxylic acids is 2. The van der Waals surface area contributed by atoms with E-state index in [1.165, 1.54) is 6.20 Å². The van der Waals surface area contributed by atoms with Crippen LogP contribution in [-0.2, 0) is 4.79 Å². The number of aryl methyl sites for hydroxylation is 1. The van der Waals surface area contributed by atoms with Crippen molar-refractivity contribution in [1.29, 1.82) is 0 Å². The summed E-state index contributed by atoms with van der Waals surface area (Å²) in [6, 6.07) is 8.67. The monoisotopic (exact) mass is 372 g/mol. The van der Waals surface area contributed by atoms with Crippen LogP contribution >= 0.6 is 11.6 Å². The van der Waals surface area contributed by atoms with E-state index in [4.69, 9.17) is 11.6 Å². The summed E-state index contributed by atoms with van der Waals surface area (Å²) in [5.41, 5.74) is 1.84. The van der Waals surface area contributed by atoms with Crippen molar-refractivity contribution in [2.75, 3.05) is 23.7 Å². The van der Waals surface area contributed by atoms with Gasteiger partial charge >= 0.3 is 0 Å². The third-order valence-corrected chi connectivity index (χ3v) is 4.58.